The Hall–Kier alpha value is -1.30. The first-order valence-corrected chi connectivity index (χ1v) is 4.94. The predicted octanol–water partition coefficient (Wildman–Crippen LogP) is 0.764. The van der Waals surface area contributed by atoms with Crippen LogP contribution in [-0.4, -0.2) is 27.9 Å². The Kier molecular flexibility index (Phi) is 3.29. The third-order valence-corrected chi connectivity index (χ3v) is 2.18. The number of carbonyl (C=O) groups excluding carboxylic acids is 1. The van der Waals surface area contributed by atoms with Crippen molar-refractivity contribution in [3.63, 3.8) is 0 Å². The molecule has 0 bridgehead atoms. The summed E-state index contributed by atoms with van der Waals surface area (Å²) in [7, 11) is 1.55. The summed E-state index contributed by atoms with van der Waals surface area (Å²) >= 11 is 1.06. The summed E-state index contributed by atoms with van der Waals surface area (Å²) in [5.74, 6) is 0.150. The topological polar surface area (TPSA) is 81.2 Å². The Morgan fingerprint density at radius 2 is 2.21 bits per heavy atom. The predicted molar refractivity (Wildman–Crippen MR) is 56.6 cm³/mol. The molecule has 0 saturated carbocycles. The number of rotatable bonds is 3. The molecule has 0 aliphatic carbocycles. The van der Waals surface area contributed by atoms with Crippen LogP contribution in [0.2, 0.25) is 0 Å². The lowest BCUT2D eigenvalue weighted by Gasteiger charge is -2.02. The van der Waals surface area contributed by atoms with Gasteiger partial charge in [-0.1, -0.05) is 13.8 Å². The second-order valence-corrected chi connectivity index (χ2v) is 3.83. The normalized spacial score (nSPS) is 12.1. The number of hydrogen-bond donors (Lipinski definition) is 1. The third kappa shape index (κ3) is 2.14. The first-order valence-electron chi connectivity index (χ1n) is 4.16. The zero-order valence-electron chi connectivity index (χ0n) is 8.31. The fraction of sp³-hybridized carbons (Fsp3) is 0.500. The van der Waals surface area contributed by atoms with E-state index in [1.807, 2.05) is 13.8 Å². The molecule has 1 aromatic heterocycles. The van der Waals surface area contributed by atoms with Gasteiger partial charge in [-0.25, -0.2) is 0 Å². The number of aliphatic imine (C=N–C) groups is 1. The van der Waals surface area contributed by atoms with Gasteiger partial charge in [0.1, 0.15) is 5.71 Å². The molecule has 76 valence electrons. The zero-order chi connectivity index (χ0) is 10.7. The van der Waals surface area contributed by atoms with Crippen LogP contribution in [0.3, 0.4) is 0 Å². The second-order valence-electron chi connectivity index (χ2n) is 3.05. The molecule has 1 rings (SSSR count). The number of nitrogens with two attached hydrogens (primary N) is 1. The number of Topliss-reactive ketones (excluding diaryl/α,β-unsaturated/α-hetero) is 1. The lowest BCUT2D eigenvalue weighted by Crippen LogP contribution is -2.22. The average molecular weight is 212 g/mol. The third-order valence-electron chi connectivity index (χ3n) is 1.63. The van der Waals surface area contributed by atoms with Crippen LogP contribution < -0.4 is 5.73 Å². The Morgan fingerprint density at radius 3 is 2.57 bits per heavy atom. The highest BCUT2D eigenvalue weighted by molar-refractivity contribution is 7.09. The highest BCUT2D eigenvalue weighted by Crippen LogP contribution is 2.09. The molecule has 6 heteroatoms. The van der Waals surface area contributed by atoms with Crippen molar-refractivity contribution >= 4 is 28.2 Å². The SMILES string of the molecule is C/N=C(\C(=O)C(C)C)c1nsc(N)n1. The molecule has 1 heterocycles. The maximum absolute atomic E-state index is 11.6. The summed E-state index contributed by atoms with van der Waals surface area (Å²) in [6.07, 6.45) is 0. The monoisotopic (exact) mass is 212 g/mol. The fourth-order valence-corrected chi connectivity index (χ4v) is 1.36. The Balaban J connectivity index is 3.00. The van der Waals surface area contributed by atoms with E-state index in [4.69, 9.17) is 5.73 Å². The maximum atomic E-state index is 11.6. The van der Waals surface area contributed by atoms with E-state index in [9.17, 15) is 4.79 Å². The molecule has 0 fully saturated rings. The summed E-state index contributed by atoms with van der Waals surface area (Å²) in [6.45, 7) is 3.62. The van der Waals surface area contributed by atoms with Crippen LogP contribution >= 0.6 is 11.5 Å². The van der Waals surface area contributed by atoms with Crippen molar-refractivity contribution in [3.8, 4) is 0 Å². The molecule has 0 aliphatic heterocycles. The number of anilines is 1. The van der Waals surface area contributed by atoms with Crippen LogP contribution in [-0.2, 0) is 4.79 Å². The minimum absolute atomic E-state index is 0.0645. The lowest BCUT2D eigenvalue weighted by atomic mass is 10.0. The first kappa shape index (κ1) is 10.8. The van der Waals surface area contributed by atoms with Gasteiger partial charge in [0.25, 0.3) is 0 Å². The molecule has 0 unspecified atom stereocenters. The molecular formula is C8H12N4OS. The summed E-state index contributed by atoms with van der Waals surface area (Å²) in [6, 6.07) is 0. The van der Waals surface area contributed by atoms with Gasteiger partial charge in [0.15, 0.2) is 16.7 Å². The average Bonchev–Trinajstić information content (AvgIpc) is 2.53. The van der Waals surface area contributed by atoms with Crippen molar-refractivity contribution in [1.29, 1.82) is 0 Å². The number of carbonyl (C=O) groups is 1. The van der Waals surface area contributed by atoms with E-state index in [1.54, 1.807) is 7.05 Å². The second kappa shape index (κ2) is 4.28. The molecular weight excluding hydrogens is 200 g/mol. The van der Waals surface area contributed by atoms with E-state index in [0.717, 1.165) is 11.5 Å². The number of ketones is 1. The van der Waals surface area contributed by atoms with E-state index in [0.29, 0.717) is 16.7 Å². The highest BCUT2D eigenvalue weighted by atomic mass is 32.1. The maximum Gasteiger partial charge on any atom is 0.200 e. The molecule has 5 nitrogen and oxygen atoms in total. The van der Waals surface area contributed by atoms with Crippen molar-refractivity contribution in [2.45, 2.75) is 13.8 Å². The van der Waals surface area contributed by atoms with E-state index >= 15 is 0 Å². The number of hydrogen-bond acceptors (Lipinski definition) is 6. The first-order chi connectivity index (χ1) is 6.56. The molecule has 0 saturated heterocycles. The van der Waals surface area contributed by atoms with Crippen LogP contribution in [0.4, 0.5) is 5.13 Å². The molecule has 0 atom stereocenters. The van der Waals surface area contributed by atoms with Gasteiger partial charge >= 0.3 is 0 Å². The standard InChI is InChI=1S/C8H12N4OS/c1-4(2)6(13)5(10-3)7-11-8(9)14-12-7/h4H,1-3H3,(H2,9,11,12)/b10-5+. The summed E-state index contributed by atoms with van der Waals surface area (Å²) in [4.78, 5) is 19.4. The summed E-state index contributed by atoms with van der Waals surface area (Å²) in [5, 5.41) is 0.345. The van der Waals surface area contributed by atoms with Gasteiger partial charge in [0.05, 0.1) is 0 Å². The van der Waals surface area contributed by atoms with Gasteiger partial charge in [-0.05, 0) is 0 Å². The van der Waals surface area contributed by atoms with Crippen LogP contribution in [0.25, 0.3) is 0 Å². The van der Waals surface area contributed by atoms with Crippen LogP contribution in [0.1, 0.15) is 19.7 Å². The number of nitrogens with zero attached hydrogens (tertiary/aromatic N) is 3. The molecule has 0 aliphatic rings. The number of nitrogen functional groups attached to an aromatic ring is 1. The summed E-state index contributed by atoms with van der Waals surface area (Å²) < 4.78 is 3.94. The fourth-order valence-electron chi connectivity index (χ4n) is 0.925. The Labute approximate surface area is 86.2 Å². The van der Waals surface area contributed by atoms with E-state index in [1.165, 1.54) is 0 Å². The van der Waals surface area contributed by atoms with Gasteiger partial charge in [0.2, 0.25) is 0 Å². The minimum Gasteiger partial charge on any atom is -0.374 e. The van der Waals surface area contributed by atoms with Crippen molar-refractivity contribution in [1.82, 2.24) is 9.36 Å². The Morgan fingerprint density at radius 1 is 1.57 bits per heavy atom. The van der Waals surface area contributed by atoms with Gasteiger partial charge in [0, 0.05) is 24.5 Å². The molecule has 0 amide bonds. The summed E-state index contributed by atoms with van der Waals surface area (Å²) in [5.41, 5.74) is 5.72. The van der Waals surface area contributed by atoms with Crippen molar-refractivity contribution < 1.29 is 4.79 Å². The lowest BCUT2D eigenvalue weighted by molar-refractivity contribution is -0.115. The quantitative estimate of drug-likeness (QED) is 0.750. The van der Waals surface area contributed by atoms with Crippen LogP contribution in [0, 0.1) is 5.92 Å². The molecule has 0 radical (unpaired) electrons. The Bertz CT molecular complexity index is 369. The van der Waals surface area contributed by atoms with Crippen LogP contribution in [0.5, 0.6) is 0 Å². The van der Waals surface area contributed by atoms with Crippen molar-refractivity contribution in [2.24, 2.45) is 10.9 Å². The largest absolute Gasteiger partial charge is 0.374 e. The van der Waals surface area contributed by atoms with Gasteiger partial charge in [-0.3, -0.25) is 9.79 Å². The van der Waals surface area contributed by atoms with Gasteiger partial charge in [-0.15, -0.1) is 0 Å². The molecule has 0 spiro atoms. The number of aromatic nitrogens is 2. The van der Waals surface area contributed by atoms with Gasteiger partial charge < -0.3 is 5.73 Å². The highest BCUT2D eigenvalue weighted by Gasteiger charge is 2.20. The van der Waals surface area contributed by atoms with Crippen molar-refractivity contribution in [3.05, 3.63) is 5.82 Å². The molecule has 1 aromatic rings. The van der Waals surface area contributed by atoms with E-state index < -0.39 is 0 Å². The van der Waals surface area contributed by atoms with Crippen molar-refractivity contribution in [2.75, 3.05) is 12.8 Å². The van der Waals surface area contributed by atoms with Gasteiger partial charge in [-0.2, -0.15) is 9.36 Å². The smallest absolute Gasteiger partial charge is 0.200 e. The van der Waals surface area contributed by atoms with E-state index in [2.05, 4.69) is 14.3 Å². The van der Waals surface area contributed by atoms with E-state index in [-0.39, 0.29) is 11.7 Å². The van der Waals surface area contributed by atoms with Crippen LogP contribution in [0.15, 0.2) is 4.99 Å². The zero-order valence-corrected chi connectivity index (χ0v) is 9.13. The molecule has 14 heavy (non-hydrogen) atoms. The molecule has 0 aromatic carbocycles. The molecule has 2 N–H and O–H groups in total. The minimum atomic E-state index is -0.113.